The molecule has 1 aromatic heterocycles. The summed E-state index contributed by atoms with van der Waals surface area (Å²) in [6, 6.07) is 12.9. The van der Waals surface area contributed by atoms with Crippen LogP contribution in [0.1, 0.15) is 30.9 Å². The third kappa shape index (κ3) is 4.20. The average molecular weight is 365 g/mol. The highest BCUT2D eigenvalue weighted by Crippen LogP contribution is 2.25. The van der Waals surface area contributed by atoms with Crippen LogP contribution >= 0.6 is 0 Å². The SMILES string of the molecule is CC(C)c1cc(=O)[nH]c2cc(NC(=O)Cc3ccc([N+](=O)[O-])cc3)ccc12. The van der Waals surface area contributed by atoms with Crippen LogP contribution in [0.3, 0.4) is 0 Å². The van der Waals surface area contributed by atoms with E-state index in [1.807, 2.05) is 19.9 Å². The number of non-ortho nitro benzene ring substituents is 1. The number of hydrogen-bond donors (Lipinski definition) is 2. The summed E-state index contributed by atoms with van der Waals surface area (Å²) < 4.78 is 0. The molecule has 0 aliphatic heterocycles. The van der Waals surface area contributed by atoms with E-state index in [4.69, 9.17) is 0 Å². The molecule has 3 rings (SSSR count). The van der Waals surface area contributed by atoms with Gasteiger partial charge in [0.15, 0.2) is 0 Å². The summed E-state index contributed by atoms with van der Waals surface area (Å²) in [5, 5.41) is 14.4. The lowest BCUT2D eigenvalue weighted by molar-refractivity contribution is -0.384. The predicted octanol–water partition coefficient (Wildman–Crippen LogP) is 3.74. The monoisotopic (exact) mass is 365 g/mol. The van der Waals surface area contributed by atoms with Crippen LogP contribution < -0.4 is 10.9 Å². The van der Waals surface area contributed by atoms with E-state index in [0.29, 0.717) is 16.8 Å². The Kier molecular flexibility index (Phi) is 5.03. The molecule has 0 saturated heterocycles. The van der Waals surface area contributed by atoms with Gasteiger partial charge in [0, 0.05) is 29.3 Å². The zero-order chi connectivity index (χ0) is 19.6. The second kappa shape index (κ2) is 7.41. The number of fused-ring (bicyclic) bond motifs is 1. The molecule has 0 bridgehead atoms. The van der Waals surface area contributed by atoms with Gasteiger partial charge in [0.1, 0.15) is 0 Å². The van der Waals surface area contributed by atoms with Crippen molar-refractivity contribution < 1.29 is 9.72 Å². The smallest absolute Gasteiger partial charge is 0.269 e. The van der Waals surface area contributed by atoms with Gasteiger partial charge in [-0.25, -0.2) is 0 Å². The number of H-pyrrole nitrogens is 1. The number of anilines is 1. The number of pyridine rings is 1. The molecule has 7 heteroatoms. The van der Waals surface area contributed by atoms with Crippen molar-refractivity contribution in [3.8, 4) is 0 Å². The van der Waals surface area contributed by atoms with Crippen LogP contribution in [0.15, 0.2) is 53.3 Å². The molecule has 1 amide bonds. The Labute approximate surface area is 155 Å². The Morgan fingerprint density at radius 2 is 1.85 bits per heavy atom. The minimum Gasteiger partial charge on any atom is -0.326 e. The predicted molar refractivity (Wildman–Crippen MR) is 104 cm³/mol. The molecule has 3 aromatic rings. The number of rotatable bonds is 5. The van der Waals surface area contributed by atoms with Gasteiger partial charge in [0.25, 0.3) is 5.69 Å². The van der Waals surface area contributed by atoms with Crippen LogP contribution in [0.4, 0.5) is 11.4 Å². The lowest BCUT2D eigenvalue weighted by Crippen LogP contribution is -2.14. The third-order valence-corrected chi connectivity index (χ3v) is 4.29. The van der Waals surface area contributed by atoms with Crippen LogP contribution in [0, 0.1) is 10.1 Å². The maximum atomic E-state index is 12.3. The Morgan fingerprint density at radius 1 is 1.15 bits per heavy atom. The molecule has 0 unspecified atom stereocenters. The number of benzene rings is 2. The maximum Gasteiger partial charge on any atom is 0.269 e. The Balaban J connectivity index is 1.78. The van der Waals surface area contributed by atoms with Crippen LogP contribution in [0.2, 0.25) is 0 Å². The number of aromatic amines is 1. The fourth-order valence-corrected chi connectivity index (χ4v) is 2.97. The first kappa shape index (κ1) is 18.3. The van der Waals surface area contributed by atoms with Gasteiger partial charge in [-0.05, 0) is 29.2 Å². The molecule has 27 heavy (non-hydrogen) atoms. The summed E-state index contributed by atoms with van der Waals surface area (Å²) in [6.07, 6.45) is 0.0958. The number of nitro benzene ring substituents is 1. The van der Waals surface area contributed by atoms with Crippen molar-refractivity contribution in [2.45, 2.75) is 26.2 Å². The zero-order valence-electron chi connectivity index (χ0n) is 15.0. The molecular weight excluding hydrogens is 346 g/mol. The van der Waals surface area contributed by atoms with Gasteiger partial charge in [0.05, 0.1) is 16.9 Å². The molecule has 0 spiro atoms. The van der Waals surface area contributed by atoms with Crippen LogP contribution in [0.5, 0.6) is 0 Å². The number of amides is 1. The molecule has 2 N–H and O–H groups in total. The molecule has 0 atom stereocenters. The van der Waals surface area contributed by atoms with Gasteiger partial charge in [0.2, 0.25) is 11.5 Å². The van der Waals surface area contributed by atoms with Crippen molar-refractivity contribution in [3.05, 3.63) is 80.1 Å². The second-order valence-corrected chi connectivity index (χ2v) is 6.65. The second-order valence-electron chi connectivity index (χ2n) is 6.65. The van der Waals surface area contributed by atoms with E-state index in [1.165, 1.54) is 12.1 Å². The quantitative estimate of drug-likeness (QED) is 0.531. The number of nitro groups is 1. The molecule has 2 aromatic carbocycles. The lowest BCUT2D eigenvalue weighted by Gasteiger charge is -2.11. The normalized spacial score (nSPS) is 10.9. The summed E-state index contributed by atoms with van der Waals surface area (Å²) in [5.41, 5.74) is 2.68. The minimum absolute atomic E-state index is 0.0152. The van der Waals surface area contributed by atoms with E-state index in [9.17, 15) is 19.7 Å². The first-order chi connectivity index (χ1) is 12.8. The van der Waals surface area contributed by atoms with Crippen LogP contribution in [-0.4, -0.2) is 15.8 Å². The number of hydrogen-bond acceptors (Lipinski definition) is 4. The highest BCUT2D eigenvalue weighted by molar-refractivity contribution is 5.95. The van der Waals surface area contributed by atoms with Crippen molar-refractivity contribution in [2.75, 3.05) is 5.32 Å². The van der Waals surface area contributed by atoms with Crippen LogP contribution in [0.25, 0.3) is 10.9 Å². The first-order valence-electron chi connectivity index (χ1n) is 8.53. The highest BCUT2D eigenvalue weighted by atomic mass is 16.6. The van der Waals surface area contributed by atoms with E-state index < -0.39 is 4.92 Å². The van der Waals surface area contributed by atoms with Gasteiger partial charge in [-0.1, -0.05) is 32.0 Å². The number of aromatic nitrogens is 1. The molecular formula is C20H19N3O4. The number of carbonyl (C=O) groups is 1. The maximum absolute atomic E-state index is 12.3. The van der Waals surface area contributed by atoms with E-state index in [-0.39, 0.29) is 29.5 Å². The number of nitrogens with zero attached hydrogens (tertiary/aromatic N) is 1. The molecule has 0 aliphatic rings. The molecule has 0 aliphatic carbocycles. The molecule has 7 nitrogen and oxygen atoms in total. The van der Waals surface area contributed by atoms with Crippen molar-refractivity contribution in [1.29, 1.82) is 0 Å². The van der Waals surface area contributed by atoms with Gasteiger partial charge < -0.3 is 10.3 Å². The minimum atomic E-state index is -0.481. The molecule has 0 radical (unpaired) electrons. The van der Waals surface area contributed by atoms with Crippen molar-refractivity contribution in [2.24, 2.45) is 0 Å². The van der Waals surface area contributed by atoms with Crippen molar-refractivity contribution in [3.63, 3.8) is 0 Å². The van der Waals surface area contributed by atoms with E-state index in [1.54, 1.807) is 30.3 Å². The first-order valence-corrected chi connectivity index (χ1v) is 8.53. The average Bonchev–Trinajstić information content (AvgIpc) is 2.60. The third-order valence-electron chi connectivity index (χ3n) is 4.29. The highest BCUT2D eigenvalue weighted by Gasteiger charge is 2.10. The van der Waals surface area contributed by atoms with Crippen molar-refractivity contribution in [1.82, 2.24) is 4.98 Å². The molecule has 1 heterocycles. The van der Waals surface area contributed by atoms with Crippen LogP contribution in [-0.2, 0) is 11.2 Å². The molecule has 0 saturated carbocycles. The summed E-state index contributed by atoms with van der Waals surface area (Å²) in [6.45, 7) is 4.04. The number of nitrogens with one attached hydrogen (secondary N) is 2. The lowest BCUT2D eigenvalue weighted by atomic mass is 9.99. The van der Waals surface area contributed by atoms with Gasteiger partial charge in [-0.15, -0.1) is 0 Å². The fraction of sp³-hybridized carbons (Fsp3) is 0.200. The van der Waals surface area contributed by atoms with Gasteiger partial charge >= 0.3 is 0 Å². The fourth-order valence-electron chi connectivity index (χ4n) is 2.97. The zero-order valence-corrected chi connectivity index (χ0v) is 15.0. The summed E-state index contributed by atoms with van der Waals surface area (Å²) in [5.74, 6) is -0.0389. The van der Waals surface area contributed by atoms with E-state index in [0.717, 1.165) is 10.9 Å². The Bertz CT molecular complexity index is 1070. The largest absolute Gasteiger partial charge is 0.326 e. The van der Waals surface area contributed by atoms with E-state index >= 15 is 0 Å². The molecule has 138 valence electrons. The topological polar surface area (TPSA) is 105 Å². The van der Waals surface area contributed by atoms with Crippen molar-refractivity contribution >= 4 is 28.2 Å². The number of carbonyl (C=O) groups excluding carboxylic acids is 1. The standard InChI is InChI=1S/C20H19N3O4/c1-12(2)17-11-20(25)22-18-10-14(5-8-16(17)18)21-19(24)9-13-3-6-15(7-4-13)23(26)27/h3-8,10-12H,9H2,1-2H3,(H,21,24)(H,22,25). The summed E-state index contributed by atoms with van der Waals surface area (Å²) >= 11 is 0. The van der Waals surface area contributed by atoms with Gasteiger partial charge in [-0.3, -0.25) is 19.7 Å². The molecule has 0 fully saturated rings. The Hall–Kier alpha value is -3.48. The summed E-state index contributed by atoms with van der Waals surface area (Å²) in [7, 11) is 0. The van der Waals surface area contributed by atoms with Gasteiger partial charge in [-0.2, -0.15) is 0 Å². The Morgan fingerprint density at radius 3 is 2.48 bits per heavy atom. The van der Waals surface area contributed by atoms with E-state index in [2.05, 4.69) is 10.3 Å². The summed E-state index contributed by atoms with van der Waals surface area (Å²) in [4.78, 5) is 37.1.